The number of amides is 1. The third-order valence-corrected chi connectivity index (χ3v) is 2.16. The van der Waals surface area contributed by atoms with Gasteiger partial charge >= 0.3 is 6.18 Å². The molecule has 0 saturated heterocycles. The molecule has 1 unspecified atom stereocenters. The van der Waals surface area contributed by atoms with E-state index in [1.54, 1.807) is 6.92 Å². The summed E-state index contributed by atoms with van der Waals surface area (Å²) in [7, 11) is 0. The second-order valence-corrected chi connectivity index (χ2v) is 3.54. The van der Waals surface area contributed by atoms with E-state index in [1.165, 1.54) is 19.1 Å². The molecule has 88 valence electrons. The Morgan fingerprint density at radius 3 is 2.12 bits per heavy atom. The van der Waals surface area contributed by atoms with Crippen molar-refractivity contribution in [3.05, 3.63) is 35.4 Å². The van der Waals surface area contributed by atoms with Crippen LogP contribution in [0.25, 0.3) is 0 Å². The Morgan fingerprint density at radius 1 is 1.25 bits per heavy atom. The maximum absolute atomic E-state index is 12.3. The highest BCUT2D eigenvalue weighted by Gasteiger charge is 2.30. The van der Waals surface area contributed by atoms with Gasteiger partial charge in [0.2, 0.25) is 5.91 Å². The highest BCUT2D eigenvalue weighted by atomic mass is 19.4. The van der Waals surface area contributed by atoms with E-state index < -0.39 is 11.7 Å². The largest absolute Gasteiger partial charge is 0.416 e. The van der Waals surface area contributed by atoms with Crippen LogP contribution in [0.1, 0.15) is 31.0 Å². The van der Waals surface area contributed by atoms with Crippen LogP contribution in [0.3, 0.4) is 0 Å². The van der Waals surface area contributed by atoms with Gasteiger partial charge in [-0.2, -0.15) is 13.2 Å². The van der Waals surface area contributed by atoms with Gasteiger partial charge in [-0.05, 0) is 24.6 Å². The van der Waals surface area contributed by atoms with Gasteiger partial charge in [0.15, 0.2) is 0 Å². The van der Waals surface area contributed by atoms with Crippen LogP contribution in [0.4, 0.5) is 13.2 Å². The minimum atomic E-state index is -4.32. The number of hydrogen-bond donors (Lipinski definition) is 1. The van der Waals surface area contributed by atoms with Gasteiger partial charge in [0, 0.05) is 6.92 Å². The normalized spacial score (nSPS) is 13.3. The van der Waals surface area contributed by atoms with Crippen molar-refractivity contribution in [1.82, 2.24) is 5.32 Å². The van der Waals surface area contributed by atoms with E-state index in [0.29, 0.717) is 5.56 Å². The van der Waals surface area contributed by atoms with Crippen LogP contribution < -0.4 is 5.32 Å². The number of benzene rings is 1. The first kappa shape index (κ1) is 12.5. The molecule has 1 rings (SSSR count). The van der Waals surface area contributed by atoms with Gasteiger partial charge in [0.25, 0.3) is 0 Å². The third-order valence-electron chi connectivity index (χ3n) is 2.16. The van der Waals surface area contributed by atoms with Crippen molar-refractivity contribution < 1.29 is 18.0 Å². The molecule has 0 fully saturated rings. The fourth-order valence-electron chi connectivity index (χ4n) is 1.35. The lowest BCUT2D eigenvalue weighted by atomic mass is 10.1. The van der Waals surface area contributed by atoms with Crippen molar-refractivity contribution in [3.63, 3.8) is 0 Å². The molecule has 0 heterocycles. The van der Waals surface area contributed by atoms with Crippen LogP contribution in [0.15, 0.2) is 24.3 Å². The van der Waals surface area contributed by atoms with E-state index in [1.807, 2.05) is 0 Å². The SMILES string of the molecule is CC(=O)NC(C)c1ccc(C(F)(F)F)cc1. The van der Waals surface area contributed by atoms with Crippen molar-refractivity contribution >= 4 is 5.91 Å². The summed E-state index contributed by atoms with van der Waals surface area (Å²) < 4.78 is 36.8. The van der Waals surface area contributed by atoms with Crippen LogP contribution in [-0.4, -0.2) is 5.91 Å². The number of nitrogens with one attached hydrogen (secondary N) is 1. The number of halogens is 3. The van der Waals surface area contributed by atoms with Gasteiger partial charge in [-0.1, -0.05) is 12.1 Å². The monoisotopic (exact) mass is 231 g/mol. The highest BCUT2D eigenvalue weighted by molar-refractivity contribution is 5.73. The quantitative estimate of drug-likeness (QED) is 0.833. The van der Waals surface area contributed by atoms with E-state index in [4.69, 9.17) is 0 Å². The molecule has 0 aliphatic rings. The molecule has 1 atom stereocenters. The van der Waals surface area contributed by atoms with Crippen molar-refractivity contribution in [3.8, 4) is 0 Å². The summed E-state index contributed by atoms with van der Waals surface area (Å²) in [6, 6.07) is 4.45. The van der Waals surface area contributed by atoms with Crippen molar-refractivity contribution in [2.45, 2.75) is 26.1 Å². The predicted octanol–water partition coefficient (Wildman–Crippen LogP) is 2.90. The number of hydrogen-bond acceptors (Lipinski definition) is 1. The zero-order valence-electron chi connectivity index (χ0n) is 8.93. The highest BCUT2D eigenvalue weighted by Crippen LogP contribution is 2.29. The molecule has 1 N–H and O–H groups in total. The molecule has 0 aliphatic carbocycles. The fourth-order valence-corrected chi connectivity index (χ4v) is 1.35. The Labute approximate surface area is 91.5 Å². The maximum atomic E-state index is 12.3. The summed E-state index contributed by atoms with van der Waals surface area (Å²) in [4.78, 5) is 10.8. The Morgan fingerprint density at radius 2 is 1.75 bits per heavy atom. The molecule has 1 amide bonds. The molecule has 0 radical (unpaired) electrons. The maximum Gasteiger partial charge on any atom is 0.416 e. The fraction of sp³-hybridized carbons (Fsp3) is 0.364. The first-order valence-electron chi connectivity index (χ1n) is 4.75. The van der Waals surface area contributed by atoms with E-state index in [9.17, 15) is 18.0 Å². The predicted molar refractivity (Wildman–Crippen MR) is 53.7 cm³/mol. The summed E-state index contributed by atoms with van der Waals surface area (Å²) in [5.41, 5.74) is -0.0468. The Kier molecular flexibility index (Phi) is 3.57. The topological polar surface area (TPSA) is 29.1 Å². The lowest BCUT2D eigenvalue weighted by molar-refractivity contribution is -0.137. The molecule has 1 aromatic carbocycles. The number of rotatable bonds is 2. The van der Waals surface area contributed by atoms with E-state index in [0.717, 1.165) is 12.1 Å². The Balaban J connectivity index is 2.83. The number of alkyl halides is 3. The third kappa shape index (κ3) is 3.25. The summed E-state index contributed by atoms with van der Waals surface area (Å²) in [6.45, 7) is 3.07. The molecule has 0 saturated carbocycles. The minimum Gasteiger partial charge on any atom is -0.350 e. The lowest BCUT2D eigenvalue weighted by Crippen LogP contribution is -2.23. The summed E-state index contributed by atoms with van der Waals surface area (Å²) in [6.07, 6.45) is -4.32. The van der Waals surface area contributed by atoms with Crippen LogP contribution in [0.5, 0.6) is 0 Å². The second kappa shape index (κ2) is 4.55. The number of carbonyl (C=O) groups excluding carboxylic acids is 1. The first-order chi connectivity index (χ1) is 7.30. The van der Waals surface area contributed by atoms with Crippen LogP contribution >= 0.6 is 0 Å². The van der Waals surface area contributed by atoms with Gasteiger partial charge in [0.05, 0.1) is 11.6 Å². The standard InChI is InChI=1S/C11H12F3NO/c1-7(15-8(2)16)9-3-5-10(6-4-9)11(12,13)14/h3-7H,1-2H3,(H,15,16). The molecule has 1 aromatic rings. The van der Waals surface area contributed by atoms with E-state index in [-0.39, 0.29) is 11.9 Å². The van der Waals surface area contributed by atoms with Gasteiger partial charge in [-0.3, -0.25) is 4.79 Å². The van der Waals surface area contributed by atoms with Crippen LogP contribution in [0.2, 0.25) is 0 Å². The molecule has 0 aromatic heterocycles. The zero-order valence-corrected chi connectivity index (χ0v) is 8.93. The lowest BCUT2D eigenvalue weighted by Gasteiger charge is -2.14. The number of carbonyl (C=O) groups is 1. The zero-order chi connectivity index (χ0) is 12.3. The van der Waals surface area contributed by atoms with E-state index >= 15 is 0 Å². The molecular weight excluding hydrogens is 219 g/mol. The van der Waals surface area contributed by atoms with Gasteiger partial charge in [-0.25, -0.2) is 0 Å². The van der Waals surface area contributed by atoms with Crippen molar-refractivity contribution in [2.75, 3.05) is 0 Å². The smallest absolute Gasteiger partial charge is 0.350 e. The van der Waals surface area contributed by atoms with E-state index in [2.05, 4.69) is 5.32 Å². The second-order valence-electron chi connectivity index (χ2n) is 3.54. The van der Waals surface area contributed by atoms with Gasteiger partial charge < -0.3 is 5.32 Å². The van der Waals surface area contributed by atoms with Crippen LogP contribution in [-0.2, 0) is 11.0 Å². The Bertz CT molecular complexity index is 370. The Hall–Kier alpha value is -1.52. The van der Waals surface area contributed by atoms with Gasteiger partial charge in [0.1, 0.15) is 0 Å². The molecule has 2 nitrogen and oxygen atoms in total. The molecule has 0 bridgehead atoms. The van der Waals surface area contributed by atoms with Crippen molar-refractivity contribution in [2.24, 2.45) is 0 Å². The summed E-state index contributed by atoms with van der Waals surface area (Å²) in [5.74, 6) is -0.215. The summed E-state index contributed by atoms with van der Waals surface area (Å²) >= 11 is 0. The average Bonchev–Trinajstić information content (AvgIpc) is 2.15. The van der Waals surface area contributed by atoms with Crippen LogP contribution in [0, 0.1) is 0 Å². The molecule has 5 heteroatoms. The first-order valence-corrected chi connectivity index (χ1v) is 4.75. The molecule has 16 heavy (non-hydrogen) atoms. The molecular formula is C11H12F3NO. The summed E-state index contributed by atoms with van der Waals surface area (Å²) in [5, 5.41) is 2.60. The molecule has 0 spiro atoms. The molecule has 0 aliphatic heterocycles. The minimum absolute atomic E-state index is 0.215. The van der Waals surface area contributed by atoms with Gasteiger partial charge in [-0.15, -0.1) is 0 Å². The average molecular weight is 231 g/mol. The van der Waals surface area contributed by atoms with Crippen molar-refractivity contribution in [1.29, 1.82) is 0 Å².